The van der Waals surface area contributed by atoms with Gasteiger partial charge in [0, 0.05) is 6.04 Å². The zero-order valence-electron chi connectivity index (χ0n) is 9.12. The second-order valence-electron chi connectivity index (χ2n) is 4.08. The topological polar surface area (TPSA) is 46.2 Å². The maximum absolute atomic E-state index is 11.4. The Morgan fingerprint density at radius 1 is 1.21 bits per heavy atom. The Bertz CT molecular complexity index is 261. The molecule has 0 amide bonds. The van der Waals surface area contributed by atoms with E-state index in [1.54, 1.807) is 6.92 Å². The molecule has 1 saturated carbocycles. The second kappa shape index (κ2) is 5.12. The van der Waals surface area contributed by atoms with Crippen LogP contribution >= 0.6 is 0 Å². The molecule has 0 radical (unpaired) electrons. The molecule has 0 bridgehead atoms. The molecule has 3 nitrogen and oxygen atoms in total. The molecule has 1 aliphatic rings. The predicted octanol–water partition coefficient (Wildman–Crippen LogP) is 1.89. The van der Waals surface area contributed by atoms with E-state index in [0.29, 0.717) is 5.92 Å². The highest BCUT2D eigenvalue weighted by Crippen LogP contribution is 2.27. The fourth-order valence-corrected chi connectivity index (χ4v) is 3.10. The maximum Gasteiger partial charge on any atom is 0.211 e. The lowest BCUT2D eigenvalue weighted by atomic mass is 9.83. The molecule has 1 fully saturated rings. The lowest BCUT2D eigenvalue weighted by Gasteiger charge is -2.31. The van der Waals surface area contributed by atoms with Gasteiger partial charge < -0.3 is 0 Å². The Kier molecular flexibility index (Phi) is 4.38. The average Bonchev–Trinajstić information content (AvgIpc) is 2.18. The Morgan fingerprint density at radius 3 is 2.43 bits per heavy atom. The second-order valence-corrected chi connectivity index (χ2v) is 6.12. The summed E-state index contributed by atoms with van der Waals surface area (Å²) < 4.78 is 25.7. The number of hydrogen-bond donors (Lipinski definition) is 1. The van der Waals surface area contributed by atoms with E-state index >= 15 is 0 Å². The van der Waals surface area contributed by atoms with Crippen LogP contribution in [0.15, 0.2) is 0 Å². The van der Waals surface area contributed by atoms with E-state index < -0.39 is 10.0 Å². The van der Waals surface area contributed by atoms with Crippen LogP contribution in [0.4, 0.5) is 0 Å². The summed E-state index contributed by atoms with van der Waals surface area (Å²) in [5.74, 6) is 0.741. The van der Waals surface area contributed by atoms with Crippen molar-refractivity contribution in [2.45, 2.75) is 52.0 Å². The van der Waals surface area contributed by atoms with Crippen molar-refractivity contribution in [2.75, 3.05) is 5.75 Å². The van der Waals surface area contributed by atoms with Crippen LogP contribution in [0.2, 0.25) is 0 Å². The van der Waals surface area contributed by atoms with Gasteiger partial charge in [-0.25, -0.2) is 13.1 Å². The molecule has 0 heterocycles. The van der Waals surface area contributed by atoms with Gasteiger partial charge in [0.05, 0.1) is 5.75 Å². The van der Waals surface area contributed by atoms with Crippen LogP contribution in [-0.4, -0.2) is 20.2 Å². The zero-order chi connectivity index (χ0) is 10.6. The van der Waals surface area contributed by atoms with Crippen molar-refractivity contribution in [3.8, 4) is 0 Å². The van der Waals surface area contributed by atoms with E-state index in [2.05, 4.69) is 11.6 Å². The summed E-state index contributed by atoms with van der Waals surface area (Å²) in [4.78, 5) is 0. The third kappa shape index (κ3) is 3.24. The molecule has 0 spiro atoms. The van der Waals surface area contributed by atoms with Crippen LogP contribution in [0, 0.1) is 5.92 Å². The predicted molar refractivity (Wildman–Crippen MR) is 58.6 cm³/mol. The van der Waals surface area contributed by atoms with Crippen molar-refractivity contribution in [3.05, 3.63) is 0 Å². The standard InChI is InChI=1S/C10H21NO2S/c1-3-9-7-5-6-8-10(9)11-14(12,13)4-2/h9-11H,3-8H2,1-2H3. The smallest absolute Gasteiger partial charge is 0.211 e. The first kappa shape index (κ1) is 12.0. The van der Waals surface area contributed by atoms with Gasteiger partial charge in [-0.05, 0) is 25.7 Å². The van der Waals surface area contributed by atoms with Crippen molar-refractivity contribution in [1.82, 2.24) is 4.72 Å². The third-order valence-electron chi connectivity index (χ3n) is 3.14. The molecule has 1 N–H and O–H groups in total. The Morgan fingerprint density at radius 2 is 1.86 bits per heavy atom. The van der Waals surface area contributed by atoms with Crippen molar-refractivity contribution in [1.29, 1.82) is 0 Å². The molecule has 14 heavy (non-hydrogen) atoms. The van der Waals surface area contributed by atoms with E-state index in [9.17, 15) is 8.42 Å². The maximum atomic E-state index is 11.4. The minimum Gasteiger partial charge on any atom is -0.212 e. The average molecular weight is 219 g/mol. The van der Waals surface area contributed by atoms with Gasteiger partial charge in [-0.3, -0.25) is 0 Å². The quantitative estimate of drug-likeness (QED) is 0.785. The van der Waals surface area contributed by atoms with Gasteiger partial charge in [-0.15, -0.1) is 0 Å². The van der Waals surface area contributed by atoms with Crippen molar-refractivity contribution < 1.29 is 8.42 Å². The molecule has 0 aromatic rings. The highest BCUT2D eigenvalue weighted by molar-refractivity contribution is 7.89. The fourth-order valence-electron chi connectivity index (χ4n) is 2.17. The molecular weight excluding hydrogens is 198 g/mol. The SMILES string of the molecule is CCC1CCCCC1NS(=O)(=O)CC. The number of rotatable bonds is 4. The number of hydrogen-bond acceptors (Lipinski definition) is 2. The summed E-state index contributed by atoms with van der Waals surface area (Å²) >= 11 is 0. The van der Waals surface area contributed by atoms with Crippen LogP contribution in [-0.2, 0) is 10.0 Å². The van der Waals surface area contributed by atoms with Gasteiger partial charge in [0.2, 0.25) is 10.0 Å². The fraction of sp³-hybridized carbons (Fsp3) is 1.00. The van der Waals surface area contributed by atoms with E-state index in [4.69, 9.17) is 0 Å². The molecule has 0 aliphatic heterocycles. The molecule has 0 saturated heterocycles. The summed E-state index contributed by atoms with van der Waals surface area (Å²) in [6, 6.07) is 0.193. The first-order valence-corrected chi connectivity index (χ1v) is 7.24. The van der Waals surface area contributed by atoms with Gasteiger partial charge >= 0.3 is 0 Å². The van der Waals surface area contributed by atoms with Crippen molar-refractivity contribution in [3.63, 3.8) is 0 Å². The first-order valence-electron chi connectivity index (χ1n) is 5.59. The van der Waals surface area contributed by atoms with E-state index in [1.165, 1.54) is 12.8 Å². The molecule has 0 aromatic heterocycles. The van der Waals surface area contributed by atoms with Gasteiger partial charge in [-0.2, -0.15) is 0 Å². The molecule has 2 unspecified atom stereocenters. The van der Waals surface area contributed by atoms with Gasteiger partial charge in [0.1, 0.15) is 0 Å². The minimum atomic E-state index is -3.01. The lowest BCUT2D eigenvalue weighted by molar-refractivity contribution is 0.282. The van der Waals surface area contributed by atoms with Crippen LogP contribution in [0.1, 0.15) is 46.0 Å². The summed E-state index contributed by atoms with van der Waals surface area (Å²) in [6.07, 6.45) is 5.68. The Balaban J connectivity index is 2.57. The summed E-state index contributed by atoms with van der Waals surface area (Å²) in [7, 11) is -3.01. The van der Waals surface area contributed by atoms with Crippen LogP contribution in [0.3, 0.4) is 0 Å². The van der Waals surface area contributed by atoms with Crippen LogP contribution in [0.25, 0.3) is 0 Å². The lowest BCUT2D eigenvalue weighted by Crippen LogP contribution is -2.42. The highest BCUT2D eigenvalue weighted by Gasteiger charge is 2.26. The van der Waals surface area contributed by atoms with Crippen molar-refractivity contribution >= 4 is 10.0 Å². The normalized spacial score (nSPS) is 29.0. The molecule has 0 aromatic carbocycles. The van der Waals surface area contributed by atoms with Crippen molar-refractivity contribution in [2.24, 2.45) is 5.92 Å². The molecule has 1 aliphatic carbocycles. The molecule has 1 rings (SSSR count). The zero-order valence-corrected chi connectivity index (χ0v) is 9.94. The largest absolute Gasteiger partial charge is 0.212 e. The number of nitrogens with one attached hydrogen (secondary N) is 1. The summed E-state index contributed by atoms with van der Waals surface area (Å²) in [5.41, 5.74) is 0. The first-order chi connectivity index (χ1) is 6.59. The molecule has 2 atom stereocenters. The van der Waals surface area contributed by atoms with Crippen LogP contribution < -0.4 is 4.72 Å². The van der Waals surface area contributed by atoms with Gasteiger partial charge in [0.15, 0.2) is 0 Å². The monoisotopic (exact) mass is 219 g/mol. The molecular formula is C10H21NO2S. The number of sulfonamides is 1. The van der Waals surface area contributed by atoms with Crippen LogP contribution in [0.5, 0.6) is 0 Å². The van der Waals surface area contributed by atoms with Gasteiger partial charge in [0.25, 0.3) is 0 Å². The third-order valence-corrected chi connectivity index (χ3v) is 4.57. The molecule has 4 heteroatoms. The minimum absolute atomic E-state index is 0.193. The van der Waals surface area contributed by atoms with E-state index in [0.717, 1.165) is 19.3 Å². The van der Waals surface area contributed by atoms with E-state index in [-0.39, 0.29) is 11.8 Å². The van der Waals surface area contributed by atoms with E-state index in [1.807, 2.05) is 0 Å². The molecule has 84 valence electrons. The Labute approximate surface area is 87.3 Å². The Hall–Kier alpha value is -0.0900. The highest BCUT2D eigenvalue weighted by atomic mass is 32.2. The summed E-state index contributed by atoms with van der Waals surface area (Å²) in [6.45, 7) is 3.83. The van der Waals surface area contributed by atoms with Gasteiger partial charge in [-0.1, -0.05) is 26.2 Å². The summed E-state index contributed by atoms with van der Waals surface area (Å²) in [5, 5.41) is 0.